The number of carboxylic acids is 1. The number of rotatable bonds is 4. The van der Waals surface area contributed by atoms with Gasteiger partial charge >= 0.3 is 5.97 Å². The summed E-state index contributed by atoms with van der Waals surface area (Å²) in [7, 11) is 0. The second kappa shape index (κ2) is 10.8. The molecule has 0 bridgehead atoms. The van der Waals surface area contributed by atoms with Crippen LogP contribution in [0.5, 0.6) is 0 Å². The summed E-state index contributed by atoms with van der Waals surface area (Å²) in [4.78, 5) is 17.2. The van der Waals surface area contributed by atoms with Gasteiger partial charge in [-0.25, -0.2) is 14.1 Å². The molecule has 5 nitrogen and oxygen atoms in total. The third kappa shape index (κ3) is 6.37. The molecule has 0 aliphatic carbocycles. The molecule has 9 heteroatoms. The number of benzene rings is 2. The maximum absolute atomic E-state index is 12.3. The van der Waals surface area contributed by atoms with Gasteiger partial charge < -0.3 is 10.2 Å². The van der Waals surface area contributed by atoms with Crippen molar-refractivity contribution >= 4 is 52.1 Å². The zero-order valence-corrected chi connectivity index (χ0v) is 16.7. The van der Waals surface area contributed by atoms with Crippen molar-refractivity contribution in [3.63, 3.8) is 0 Å². The lowest BCUT2D eigenvalue weighted by atomic mass is 9.95. The monoisotopic (exact) mass is 442 g/mol. The summed E-state index contributed by atoms with van der Waals surface area (Å²) in [5.41, 5.74) is 1.000. The molecule has 0 radical (unpaired) electrons. The largest absolute Gasteiger partial charge is 0.481 e. The quantitative estimate of drug-likeness (QED) is 0.553. The molecule has 2 aromatic carbocycles. The van der Waals surface area contributed by atoms with Gasteiger partial charge in [0.15, 0.2) is 0 Å². The lowest BCUT2D eigenvalue weighted by molar-refractivity contribution is -0.145. The molecule has 0 saturated carbocycles. The molecule has 28 heavy (non-hydrogen) atoms. The average Bonchev–Trinajstić information content (AvgIpc) is 2.63. The van der Waals surface area contributed by atoms with E-state index in [1.54, 1.807) is 6.07 Å². The van der Waals surface area contributed by atoms with Crippen LogP contribution in [-0.4, -0.2) is 22.3 Å². The van der Waals surface area contributed by atoms with Gasteiger partial charge in [0.2, 0.25) is 11.4 Å². The van der Waals surface area contributed by atoms with E-state index in [1.807, 2.05) is 0 Å². The molecule has 0 aliphatic rings. The SMILES string of the molecule is [C-]#[N+]c1ccc(C[C@@H](C(=O)O)[C@H](C)O)c(Cl)c1Cl.[C-]#[N+]c1ccc(F)cc1Cl. The van der Waals surface area contributed by atoms with Gasteiger partial charge in [0.05, 0.1) is 35.2 Å². The number of aliphatic hydroxyl groups is 1. The van der Waals surface area contributed by atoms with E-state index >= 15 is 0 Å². The van der Waals surface area contributed by atoms with Gasteiger partial charge in [-0.15, -0.1) is 0 Å². The Labute approximate surface area is 176 Å². The van der Waals surface area contributed by atoms with E-state index in [0.29, 0.717) is 5.56 Å². The number of carboxylic acid groups (broad SMARTS) is 1. The minimum atomic E-state index is -1.11. The predicted octanol–water partition coefficient (Wildman–Crippen LogP) is 6.20. The number of nitrogens with zero attached hydrogens (tertiary/aromatic N) is 2. The third-order valence-electron chi connectivity index (χ3n) is 3.63. The van der Waals surface area contributed by atoms with Gasteiger partial charge in [0.1, 0.15) is 5.82 Å². The lowest BCUT2D eigenvalue weighted by Crippen LogP contribution is -2.27. The molecule has 0 unspecified atom stereocenters. The van der Waals surface area contributed by atoms with Crippen LogP contribution < -0.4 is 0 Å². The Morgan fingerprint density at radius 3 is 2.14 bits per heavy atom. The summed E-state index contributed by atoms with van der Waals surface area (Å²) in [6.45, 7) is 14.9. The number of hydrogen-bond donors (Lipinski definition) is 2. The fourth-order valence-electron chi connectivity index (χ4n) is 2.10. The van der Waals surface area contributed by atoms with Gasteiger partial charge in [-0.05, 0) is 31.0 Å². The normalized spacial score (nSPS) is 12.0. The zero-order valence-electron chi connectivity index (χ0n) is 14.5. The molecule has 0 aromatic heterocycles. The smallest absolute Gasteiger partial charge is 0.309 e. The van der Waals surface area contributed by atoms with Crippen molar-refractivity contribution in [2.75, 3.05) is 0 Å². The summed E-state index contributed by atoms with van der Waals surface area (Å²) < 4.78 is 12.3. The highest BCUT2D eigenvalue weighted by atomic mass is 35.5. The van der Waals surface area contributed by atoms with E-state index in [9.17, 15) is 14.3 Å². The van der Waals surface area contributed by atoms with E-state index in [0.717, 1.165) is 6.07 Å². The summed E-state index contributed by atoms with van der Waals surface area (Å²) >= 11 is 17.3. The van der Waals surface area contributed by atoms with E-state index < -0.39 is 23.8 Å². The second-order valence-corrected chi connectivity index (χ2v) is 6.74. The van der Waals surface area contributed by atoms with Gasteiger partial charge in [-0.2, -0.15) is 0 Å². The van der Waals surface area contributed by atoms with Crippen LogP contribution in [-0.2, 0) is 11.2 Å². The topological polar surface area (TPSA) is 66.2 Å². The van der Waals surface area contributed by atoms with E-state index in [-0.39, 0.29) is 32.9 Å². The van der Waals surface area contributed by atoms with Crippen molar-refractivity contribution in [3.8, 4) is 0 Å². The average molecular weight is 444 g/mol. The summed E-state index contributed by atoms with van der Waals surface area (Å²) in [5, 5.41) is 18.8. The minimum Gasteiger partial charge on any atom is -0.481 e. The molecule has 0 fully saturated rings. The standard InChI is InChI=1S/C12H11Cl2NO3.C7H3ClFN/c1-6(16)8(12(17)18)5-7-3-4-9(15-2)11(14)10(7)13;1-10-7-3-2-5(9)4-6(7)8/h3-4,6,8,16H,5H2,1H3,(H,17,18);2-4H/t6-,8+;/m0./s1. The molecule has 0 spiro atoms. The number of carbonyl (C=O) groups is 1. The molecular weight excluding hydrogens is 430 g/mol. The molecule has 146 valence electrons. The molecule has 2 rings (SSSR count). The van der Waals surface area contributed by atoms with Gasteiger partial charge in [-0.3, -0.25) is 4.79 Å². The minimum absolute atomic E-state index is 0.0594. The zero-order chi connectivity index (χ0) is 21.4. The van der Waals surface area contributed by atoms with Crippen molar-refractivity contribution in [1.82, 2.24) is 0 Å². The maximum atomic E-state index is 12.3. The number of halogens is 4. The first kappa shape index (κ1) is 23.7. The number of aliphatic hydroxyl groups excluding tert-OH is 1. The van der Waals surface area contributed by atoms with Gasteiger partial charge in [-0.1, -0.05) is 53.0 Å². The molecule has 0 amide bonds. The number of hydrogen-bond acceptors (Lipinski definition) is 2. The Balaban J connectivity index is 0.000000330. The van der Waals surface area contributed by atoms with Crippen molar-refractivity contribution in [3.05, 3.63) is 79.6 Å². The molecule has 0 heterocycles. The summed E-state index contributed by atoms with van der Waals surface area (Å²) in [6.07, 6.45) is -0.943. The summed E-state index contributed by atoms with van der Waals surface area (Å²) in [5.74, 6) is -2.48. The molecule has 2 N–H and O–H groups in total. The highest BCUT2D eigenvalue weighted by Gasteiger charge is 2.25. The fourth-order valence-corrected chi connectivity index (χ4v) is 2.77. The third-order valence-corrected chi connectivity index (χ3v) is 4.85. The van der Waals surface area contributed by atoms with Crippen LogP contribution in [0.2, 0.25) is 15.1 Å². The van der Waals surface area contributed by atoms with E-state index in [1.165, 1.54) is 25.1 Å². The van der Waals surface area contributed by atoms with Crippen LogP contribution in [0.4, 0.5) is 15.8 Å². The van der Waals surface area contributed by atoms with Gasteiger partial charge in [0.25, 0.3) is 0 Å². The first-order valence-electron chi connectivity index (χ1n) is 7.70. The second-order valence-electron chi connectivity index (χ2n) is 5.58. The van der Waals surface area contributed by atoms with Crippen molar-refractivity contribution < 1.29 is 19.4 Å². The van der Waals surface area contributed by atoms with Crippen molar-refractivity contribution in [2.24, 2.45) is 5.92 Å². The Morgan fingerprint density at radius 1 is 1.11 bits per heavy atom. The van der Waals surface area contributed by atoms with Crippen molar-refractivity contribution in [1.29, 1.82) is 0 Å². The van der Waals surface area contributed by atoms with Crippen LogP contribution in [0.15, 0.2) is 30.3 Å². The van der Waals surface area contributed by atoms with E-state index in [4.69, 9.17) is 53.1 Å². The highest BCUT2D eigenvalue weighted by molar-refractivity contribution is 6.44. The number of aliphatic carboxylic acids is 1. The van der Waals surface area contributed by atoms with Crippen LogP contribution in [0.25, 0.3) is 9.69 Å². The summed E-state index contributed by atoms with van der Waals surface area (Å²) in [6, 6.07) is 6.72. The van der Waals surface area contributed by atoms with Crippen molar-refractivity contribution in [2.45, 2.75) is 19.4 Å². The first-order valence-corrected chi connectivity index (χ1v) is 8.83. The Kier molecular flexibility index (Phi) is 9.18. The predicted molar refractivity (Wildman–Crippen MR) is 107 cm³/mol. The van der Waals surface area contributed by atoms with Gasteiger partial charge in [0, 0.05) is 5.02 Å². The Hall–Kier alpha value is -2.35. The molecule has 2 atom stereocenters. The Bertz CT molecular complexity index is 953. The molecule has 0 aliphatic heterocycles. The highest BCUT2D eigenvalue weighted by Crippen LogP contribution is 2.36. The Morgan fingerprint density at radius 2 is 1.68 bits per heavy atom. The van der Waals surface area contributed by atoms with Crippen LogP contribution >= 0.6 is 34.8 Å². The molecular formula is C19H14Cl3FN2O3. The lowest BCUT2D eigenvalue weighted by Gasteiger charge is -2.16. The van der Waals surface area contributed by atoms with Crippen LogP contribution in [0.1, 0.15) is 12.5 Å². The first-order chi connectivity index (χ1) is 13.1. The van der Waals surface area contributed by atoms with Crippen LogP contribution in [0, 0.1) is 24.9 Å². The molecule has 0 saturated heterocycles. The molecule has 2 aromatic rings. The fraction of sp³-hybridized carbons (Fsp3) is 0.211. The van der Waals surface area contributed by atoms with Crippen LogP contribution in [0.3, 0.4) is 0 Å². The maximum Gasteiger partial charge on any atom is 0.309 e. The van der Waals surface area contributed by atoms with E-state index in [2.05, 4.69) is 9.69 Å².